The Kier molecular flexibility index (Phi) is 3.30. The number of hydrogen-bond donors (Lipinski definition) is 1. The number of nitrogens with two attached hydrogens (primary N) is 1. The van der Waals surface area contributed by atoms with Crippen molar-refractivity contribution in [3.63, 3.8) is 0 Å². The summed E-state index contributed by atoms with van der Waals surface area (Å²) in [7, 11) is 0. The molecule has 1 aromatic carbocycles. The molecule has 0 spiro atoms. The second-order valence-corrected chi connectivity index (χ2v) is 5.94. The highest BCUT2D eigenvalue weighted by molar-refractivity contribution is 7.15. The van der Waals surface area contributed by atoms with E-state index in [1.807, 2.05) is 6.20 Å². The van der Waals surface area contributed by atoms with E-state index < -0.39 is 0 Å². The second-order valence-electron chi connectivity index (χ2n) is 4.80. The predicted octanol–water partition coefficient (Wildman–Crippen LogP) is 2.71. The topological polar surface area (TPSA) is 42.1 Å². The molecule has 1 aromatic heterocycles. The van der Waals surface area contributed by atoms with Gasteiger partial charge in [0.2, 0.25) is 0 Å². The lowest BCUT2D eigenvalue weighted by Gasteiger charge is -2.14. The third-order valence-corrected chi connectivity index (χ3v) is 4.31. The summed E-state index contributed by atoms with van der Waals surface area (Å²) in [5.41, 5.74) is 7.12. The van der Waals surface area contributed by atoms with Crippen LogP contribution in [-0.2, 0) is 6.54 Å². The van der Waals surface area contributed by atoms with Crippen molar-refractivity contribution in [1.29, 1.82) is 0 Å². The molecule has 0 radical (unpaired) electrons. The molecule has 0 aliphatic carbocycles. The third-order valence-electron chi connectivity index (χ3n) is 3.49. The molecular formula is C14H17N3S. The van der Waals surface area contributed by atoms with Crippen molar-refractivity contribution in [3.8, 4) is 0 Å². The molecular weight excluding hydrogens is 242 g/mol. The lowest BCUT2D eigenvalue weighted by molar-refractivity contribution is 0.329. The van der Waals surface area contributed by atoms with Gasteiger partial charge in [-0.15, -0.1) is 11.3 Å². The van der Waals surface area contributed by atoms with Gasteiger partial charge in [-0.3, -0.25) is 4.90 Å². The largest absolute Gasteiger partial charge is 0.375 e. The molecule has 1 saturated heterocycles. The van der Waals surface area contributed by atoms with E-state index in [1.54, 1.807) is 11.3 Å². The molecule has 1 fully saturated rings. The van der Waals surface area contributed by atoms with Gasteiger partial charge in [0.1, 0.15) is 0 Å². The molecule has 4 heteroatoms. The van der Waals surface area contributed by atoms with Crippen LogP contribution in [0.5, 0.6) is 0 Å². The van der Waals surface area contributed by atoms with Gasteiger partial charge in [0, 0.05) is 24.2 Å². The van der Waals surface area contributed by atoms with Crippen LogP contribution in [-0.4, -0.2) is 23.0 Å². The number of anilines is 1. The lowest BCUT2D eigenvalue weighted by atomic mass is 9.99. The number of likely N-dealkylation sites (tertiary alicyclic amines) is 1. The van der Waals surface area contributed by atoms with Gasteiger partial charge in [-0.1, -0.05) is 30.3 Å². The number of nitrogen functional groups attached to an aromatic ring is 1. The first-order chi connectivity index (χ1) is 8.81. The van der Waals surface area contributed by atoms with Gasteiger partial charge in [-0.25, -0.2) is 4.98 Å². The minimum absolute atomic E-state index is 0.670. The molecule has 1 unspecified atom stereocenters. The van der Waals surface area contributed by atoms with Crippen LogP contribution in [0.25, 0.3) is 0 Å². The van der Waals surface area contributed by atoms with Gasteiger partial charge in [0.25, 0.3) is 0 Å². The summed E-state index contributed by atoms with van der Waals surface area (Å²) in [4.78, 5) is 7.86. The summed E-state index contributed by atoms with van der Waals surface area (Å²) < 4.78 is 0. The molecule has 1 aliphatic rings. The average molecular weight is 259 g/mol. The Hall–Kier alpha value is -1.39. The van der Waals surface area contributed by atoms with Crippen molar-refractivity contribution < 1.29 is 0 Å². The van der Waals surface area contributed by atoms with E-state index in [-0.39, 0.29) is 0 Å². The molecule has 0 amide bonds. The first-order valence-corrected chi connectivity index (χ1v) is 7.10. The van der Waals surface area contributed by atoms with Crippen LogP contribution in [0.4, 0.5) is 5.13 Å². The van der Waals surface area contributed by atoms with Crippen LogP contribution in [0.1, 0.15) is 22.8 Å². The maximum atomic E-state index is 5.66. The fraction of sp³-hybridized carbons (Fsp3) is 0.357. The minimum atomic E-state index is 0.670. The van der Waals surface area contributed by atoms with E-state index in [1.165, 1.54) is 16.9 Å². The maximum Gasteiger partial charge on any atom is 0.180 e. The van der Waals surface area contributed by atoms with E-state index in [4.69, 9.17) is 5.73 Å². The number of rotatable bonds is 3. The van der Waals surface area contributed by atoms with Crippen molar-refractivity contribution in [1.82, 2.24) is 9.88 Å². The zero-order chi connectivity index (χ0) is 12.4. The van der Waals surface area contributed by atoms with Gasteiger partial charge in [-0.05, 0) is 24.4 Å². The maximum absolute atomic E-state index is 5.66. The number of hydrogen-bond acceptors (Lipinski definition) is 4. The Bertz CT molecular complexity index is 509. The normalized spacial score (nSPS) is 20.3. The van der Waals surface area contributed by atoms with Gasteiger partial charge in [0.15, 0.2) is 5.13 Å². The molecule has 1 aliphatic heterocycles. The standard InChI is InChI=1S/C14H17N3S/c15-14-16-8-13(18-14)10-17-7-6-12(9-17)11-4-2-1-3-5-11/h1-5,8,12H,6-7,9-10H2,(H2,15,16). The highest BCUT2D eigenvalue weighted by atomic mass is 32.1. The van der Waals surface area contributed by atoms with Crippen LogP contribution in [0, 0.1) is 0 Å². The third kappa shape index (κ3) is 2.54. The van der Waals surface area contributed by atoms with Crippen molar-refractivity contribution in [2.24, 2.45) is 0 Å². The molecule has 1 atom stereocenters. The molecule has 0 saturated carbocycles. The number of benzene rings is 1. The summed E-state index contributed by atoms with van der Waals surface area (Å²) in [5.74, 6) is 0.677. The monoisotopic (exact) mass is 259 g/mol. The zero-order valence-electron chi connectivity index (χ0n) is 10.2. The van der Waals surface area contributed by atoms with E-state index in [9.17, 15) is 0 Å². The van der Waals surface area contributed by atoms with Crippen molar-refractivity contribution >= 4 is 16.5 Å². The molecule has 94 valence electrons. The molecule has 18 heavy (non-hydrogen) atoms. The Balaban J connectivity index is 1.62. The average Bonchev–Trinajstić information content (AvgIpc) is 3.01. The summed E-state index contributed by atoms with van der Waals surface area (Å²) in [6, 6.07) is 10.8. The van der Waals surface area contributed by atoms with Crippen LogP contribution in [0.15, 0.2) is 36.5 Å². The van der Waals surface area contributed by atoms with E-state index in [2.05, 4.69) is 40.2 Å². The summed E-state index contributed by atoms with van der Waals surface area (Å²) in [6.07, 6.45) is 3.15. The molecule has 3 nitrogen and oxygen atoms in total. The SMILES string of the molecule is Nc1ncc(CN2CCC(c3ccccc3)C2)s1. The van der Waals surface area contributed by atoms with Gasteiger partial charge in [-0.2, -0.15) is 0 Å². The first-order valence-electron chi connectivity index (χ1n) is 6.29. The van der Waals surface area contributed by atoms with Crippen LogP contribution in [0.3, 0.4) is 0 Å². The van der Waals surface area contributed by atoms with E-state index >= 15 is 0 Å². The van der Waals surface area contributed by atoms with E-state index in [0.717, 1.165) is 19.6 Å². The Labute approximate surface area is 111 Å². The van der Waals surface area contributed by atoms with Gasteiger partial charge >= 0.3 is 0 Å². The van der Waals surface area contributed by atoms with Crippen LogP contribution in [0.2, 0.25) is 0 Å². The molecule has 2 heterocycles. The zero-order valence-corrected chi connectivity index (χ0v) is 11.1. The Morgan fingerprint density at radius 2 is 2.17 bits per heavy atom. The van der Waals surface area contributed by atoms with E-state index in [0.29, 0.717) is 11.0 Å². The molecule has 3 rings (SSSR count). The molecule has 0 bridgehead atoms. The highest BCUT2D eigenvalue weighted by Gasteiger charge is 2.23. The fourth-order valence-corrected chi connectivity index (χ4v) is 3.32. The highest BCUT2D eigenvalue weighted by Crippen LogP contribution is 2.28. The first kappa shape index (κ1) is 11.7. The molecule has 2 aromatic rings. The number of nitrogens with zero attached hydrogens (tertiary/aromatic N) is 2. The number of aromatic nitrogens is 1. The molecule has 2 N–H and O–H groups in total. The summed E-state index contributed by atoms with van der Waals surface area (Å²) >= 11 is 1.60. The quantitative estimate of drug-likeness (QED) is 0.921. The van der Waals surface area contributed by atoms with Gasteiger partial charge < -0.3 is 5.73 Å². The predicted molar refractivity (Wildman–Crippen MR) is 75.6 cm³/mol. The Morgan fingerprint density at radius 3 is 2.89 bits per heavy atom. The Morgan fingerprint density at radius 1 is 1.33 bits per heavy atom. The lowest BCUT2D eigenvalue weighted by Crippen LogP contribution is -2.19. The summed E-state index contributed by atoms with van der Waals surface area (Å²) in [6.45, 7) is 3.29. The second kappa shape index (κ2) is 5.08. The number of thiazole rings is 1. The van der Waals surface area contributed by atoms with Crippen molar-refractivity contribution in [2.45, 2.75) is 18.9 Å². The van der Waals surface area contributed by atoms with Crippen molar-refractivity contribution in [2.75, 3.05) is 18.8 Å². The smallest absolute Gasteiger partial charge is 0.180 e. The van der Waals surface area contributed by atoms with Crippen LogP contribution >= 0.6 is 11.3 Å². The minimum Gasteiger partial charge on any atom is -0.375 e. The van der Waals surface area contributed by atoms with Gasteiger partial charge in [0.05, 0.1) is 0 Å². The van der Waals surface area contributed by atoms with Crippen LogP contribution < -0.4 is 5.73 Å². The summed E-state index contributed by atoms with van der Waals surface area (Å²) in [5, 5.41) is 0.670. The fourth-order valence-electron chi connectivity index (χ4n) is 2.59. The van der Waals surface area contributed by atoms with Crippen molar-refractivity contribution in [3.05, 3.63) is 47.0 Å².